The van der Waals surface area contributed by atoms with Crippen LogP contribution >= 0.6 is 0 Å². The van der Waals surface area contributed by atoms with Gasteiger partial charge in [-0.25, -0.2) is 4.79 Å². The van der Waals surface area contributed by atoms with Gasteiger partial charge in [0.2, 0.25) is 0 Å². The van der Waals surface area contributed by atoms with Crippen molar-refractivity contribution in [3.8, 4) is 5.75 Å². The predicted molar refractivity (Wildman–Crippen MR) is 63.5 cm³/mol. The van der Waals surface area contributed by atoms with Crippen molar-refractivity contribution in [1.82, 2.24) is 14.8 Å². The van der Waals surface area contributed by atoms with E-state index in [1.165, 1.54) is 10.9 Å². The van der Waals surface area contributed by atoms with Gasteiger partial charge in [0.05, 0.1) is 18.1 Å². The van der Waals surface area contributed by atoms with Crippen molar-refractivity contribution in [3.05, 3.63) is 41.5 Å². The average Bonchev–Trinajstić information content (AvgIpc) is 2.70. The topological polar surface area (TPSA) is 77.2 Å². The fourth-order valence-electron chi connectivity index (χ4n) is 1.50. The predicted octanol–water partition coefficient (Wildman–Crippen LogP) is 1.40. The van der Waals surface area contributed by atoms with Gasteiger partial charge in [-0.2, -0.15) is 5.10 Å². The van der Waals surface area contributed by atoms with Crippen LogP contribution in [0.3, 0.4) is 0 Å². The fraction of sp³-hybridized carbons (Fsp3) is 0.250. The lowest BCUT2D eigenvalue weighted by molar-refractivity contribution is 0.0693. The third-order valence-electron chi connectivity index (χ3n) is 2.55. The molecule has 0 saturated carbocycles. The molecule has 0 spiro atoms. The van der Waals surface area contributed by atoms with Gasteiger partial charge in [0, 0.05) is 12.7 Å². The van der Waals surface area contributed by atoms with Crippen molar-refractivity contribution < 1.29 is 14.6 Å². The Morgan fingerprint density at radius 1 is 1.44 bits per heavy atom. The Kier molecular flexibility index (Phi) is 3.27. The van der Waals surface area contributed by atoms with Crippen LogP contribution in [0.5, 0.6) is 5.75 Å². The first-order valence-electron chi connectivity index (χ1n) is 5.37. The van der Waals surface area contributed by atoms with Crippen LogP contribution in [0.2, 0.25) is 0 Å². The summed E-state index contributed by atoms with van der Waals surface area (Å²) in [5.41, 5.74) is 1.56. The number of carbonyl (C=O) groups is 1. The number of nitrogens with zero attached hydrogens (tertiary/aromatic N) is 3. The van der Waals surface area contributed by atoms with Crippen molar-refractivity contribution in [1.29, 1.82) is 0 Å². The second-order valence-electron chi connectivity index (χ2n) is 3.86. The van der Waals surface area contributed by atoms with E-state index in [1.807, 2.05) is 13.0 Å². The summed E-state index contributed by atoms with van der Waals surface area (Å²) in [6.45, 7) is 2.02. The Morgan fingerprint density at radius 2 is 2.22 bits per heavy atom. The highest BCUT2D eigenvalue weighted by atomic mass is 16.5. The maximum Gasteiger partial charge on any atom is 0.339 e. The van der Waals surface area contributed by atoms with E-state index in [2.05, 4.69) is 10.1 Å². The van der Waals surface area contributed by atoms with E-state index in [1.54, 1.807) is 19.3 Å². The Morgan fingerprint density at radius 3 is 2.83 bits per heavy atom. The van der Waals surface area contributed by atoms with Gasteiger partial charge in [-0.05, 0) is 19.1 Å². The molecular formula is C12H13N3O3. The first-order valence-corrected chi connectivity index (χ1v) is 5.37. The smallest absolute Gasteiger partial charge is 0.339 e. The second kappa shape index (κ2) is 4.87. The molecule has 2 heterocycles. The summed E-state index contributed by atoms with van der Waals surface area (Å²) in [6.07, 6.45) is 2.92. The second-order valence-corrected chi connectivity index (χ2v) is 3.86. The zero-order chi connectivity index (χ0) is 13.1. The molecule has 6 heteroatoms. The number of ether oxygens (including phenoxy) is 1. The Labute approximate surface area is 104 Å². The molecule has 0 atom stereocenters. The van der Waals surface area contributed by atoms with Crippen molar-refractivity contribution in [2.45, 2.75) is 13.5 Å². The Bertz CT molecular complexity index is 560. The lowest BCUT2D eigenvalue weighted by atomic mass is 10.2. The summed E-state index contributed by atoms with van der Waals surface area (Å²) < 4.78 is 6.98. The number of carboxylic acid groups (broad SMARTS) is 1. The highest BCUT2D eigenvalue weighted by molar-refractivity contribution is 5.88. The van der Waals surface area contributed by atoms with E-state index in [0.29, 0.717) is 11.4 Å². The van der Waals surface area contributed by atoms with Crippen molar-refractivity contribution in [2.75, 3.05) is 0 Å². The number of hydrogen-bond acceptors (Lipinski definition) is 4. The lowest BCUT2D eigenvalue weighted by Gasteiger charge is -2.07. The molecule has 18 heavy (non-hydrogen) atoms. The highest BCUT2D eigenvalue weighted by Gasteiger charge is 2.15. The maximum atomic E-state index is 11.0. The first kappa shape index (κ1) is 12.1. The molecular weight excluding hydrogens is 234 g/mol. The van der Waals surface area contributed by atoms with E-state index in [0.717, 1.165) is 5.69 Å². The average molecular weight is 247 g/mol. The molecule has 0 unspecified atom stereocenters. The minimum absolute atomic E-state index is 0.142. The number of hydrogen-bond donors (Lipinski definition) is 1. The zero-order valence-corrected chi connectivity index (χ0v) is 10.1. The third kappa shape index (κ3) is 2.48. The van der Waals surface area contributed by atoms with Gasteiger partial charge in [0.1, 0.15) is 17.9 Å². The van der Waals surface area contributed by atoms with Gasteiger partial charge >= 0.3 is 5.97 Å². The molecule has 0 bridgehead atoms. The van der Waals surface area contributed by atoms with Gasteiger partial charge in [-0.15, -0.1) is 0 Å². The van der Waals surface area contributed by atoms with Gasteiger partial charge in [0.15, 0.2) is 0 Å². The number of aromatic nitrogens is 3. The monoisotopic (exact) mass is 247 g/mol. The van der Waals surface area contributed by atoms with E-state index >= 15 is 0 Å². The van der Waals surface area contributed by atoms with Crippen molar-refractivity contribution >= 4 is 5.97 Å². The van der Waals surface area contributed by atoms with Gasteiger partial charge in [-0.3, -0.25) is 9.67 Å². The van der Waals surface area contributed by atoms with E-state index in [4.69, 9.17) is 9.84 Å². The van der Waals surface area contributed by atoms with Crippen LogP contribution in [0, 0.1) is 6.92 Å². The van der Waals surface area contributed by atoms with Crippen molar-refractivity contribution in [3.63, 3.8) is 0 Å². The molecule has 0 fully saturated rings. The molecule has 0 radical (unpaired) electrons. The number of pyridine rings is 1. The fourth-order valence-corrected chi connectivity index (χ4v) is 1.50. The normalized spacial score (nSPS) is 10.3. The summed E-state index contributed by atoms with van der Waals surface area (Å²) in [7, 11) is 1.68. The van der Waals surface area contributed by atoms with Crippen LogP contribution in [-0.4, -0.2) is 25.8 Å². The van der Waals surface area contributed by atoms with Crippen LogP contribution in [0.15, 0.2) is 24.5 Å². The van der Waals surface area contributed by atoms with Gasteiger partial charge in [0.25, 0.3) is 0 Å². The third-order valence-corrected chi connectivity index (χ3v) is 2.55. The Balaban J connectivity index is 2.12. The van der Waals surface area contributed by atoms with Crippen molar-refractivity contribution in [2.24, 2.45) is 7.05 Å². The maximum absolute atomic E-state index is 11.0. The lowest BCUT2D eigenvalue weighted by Crippen LogP contribution is -2.08. The molecule has 1 N–H and O–H groups in total. The number of aromatic carboxylic acids is 1. The summed E-state index contributed by atoms with van der Waals surface area (Å²) >= 11 is 0. The molecule has 0 aliphatic heterocycles. The largest absolute Gasteiger partial charge is 0.486 e. The first-order chi connectivity index (χ1) is 8.58. The molecule has 6 nitrogen and oxygen atoms in total. The molecule has 0 aromatic carbocycles. The summed E-state index contributed by atoms with van der Waals surface area (Å²) in [4.78, 5) is 15.1. The van der Waals surface area contributed by atoms with Crippen LogP contribution < -0.4 is 4.74 Å². The summed E-state index contributed by atoms with van der Waals surface area (Å²) in [5, 5.41) is 12.9. The van der Waals surface area contributed by atoms with Crippen LogP contribution in [0.25, 0.3) is 0 Å². The van der Waals surface area contributed by atoms with E-state index in [-0.39, 0.29) is 12.2 Å². The zero-order valence-electron chi connectivity index (χ0n) is 10.1. The van der Waals surface area contributed by atoms with E-state index in [9.17, 15) is 4.79 Å². The number of rotatable bonds is 4. The minimum atomic E-state index is -1.01. The molecule has 2 rings (SSSR count). The molecule has 0 aliphatic rings. The highest BCUT2D eigenvalue weighted by Crippen LogP contribution is 2.14. The quantitative estimate of drug-likeness (QED) is 0.883. The number of carboxylic acids is 1. The van der Waals surface area contributed by atoms with Crippen LogP contribution in [0.4, 0.5) is 0 Å². The Hall–Kier alpha value is -2.37. The molecule has 0 aliphatic carbocycles. The molecule has 0 saturated heterocycles. The molecule has 2 aromatic rings. The van der Waals surface area contributed by atoms with Crippen LogP contribution in [-0.2, 0) is 13.7 Å². The van der Waals surface area contributed by atoms with Gasteiger partial charge < -0.3 is 9.84 Å². The molecule has 94 valence electrons. The van der Waals surface area contributed by atoms with Gasteiger partial charge in [-0.1, -0.05) is 0 Å². The minimum Gasteiger partial charge on any atom is -0.486 e. The molecule has 2 aromatic heterocycles. The number of aryl methyl sites for hydroxylation is 2. The van der Waals surface area contributed by atoms with E-state index < -0.39 is 5.97 Å². The summed E-state index contributed by atoms with van der Waals surface area (Å²) in [5.74, 6) is -0.415. The summed E-state index contributed by atoms with van der Waals surface area (Å²) in [6, 6.07) is 3.62. The standard InChI is InChI=1S/C12H13N3O3/c1-8-3-4-9(5-13-8)18-7-11-10(12(16)17)6-14-15(11)2/h3-6H,7H2,1-2H3,(H,16,17). The SMILES string of the molecule is Cc1ccc(OCc2c(C(=O)O)cnn2C)cn1. The van der Waals surface area contributed by atoms with Crippen LogP contribution in [0.1, 0.15) is 21.7 Å². The molecule has 0 amide bonds.